The topological polar surface area (TPSA) is 90.8 Å². The third-order valence-corrected chi connectivity index (χ3v) is 3.57. The summed E-state index contributed by atoms with van der Waals surface area (Å²) in [5.41, 5.74) is 1.74. The smallest absolute Gasteiger partial charge is 0.461 e. The van der Waals surface area contributed by atoms with Crippen molar-refractivity contribution >= 4 is 18.6 Å². The van der Waals surface area contributed by atoms with E-state index in [2.05, 4.69) is 9.97 Å². The summed E-state index contributed by atoms with van der Waals surface area (Å²) in [6, 6.07) is 5.28. The van der Waals surface area contributed by atoms with Gasteiger partial charge in [-0.3, -0.25) is 0 Å². The maximum atomic E-state index is 11.7. The lowest BCUT2D eigenvalue weighted by atomic mass is 9.79. The first-order valence-corrected chi connectivity index (χ1v) is 7.77. The predicted octanol–water partition coefficient (Wildman–Crippen LogP) is 1.44. The number of hydrogen-bond donors (Lipinski definition) is 1. The van der Waals surface area contributed by atoms with Crippen LogP contribution in [0.1, 0.15) is 35.8 Å². The molecule has 0 aliphatic carbocycles. The maximum Gasteiger partial charge on any atom is 0.491 e. The van der Waals surface area contributed by atoms with Crippen molar-refractivity contribution in [2.45, 2.75) is 26.4 Å². The van der Waals surface area contributed by atoms with Gasteiger partial charge in [-0.05, 0) is 29.6 Å². The third-order valence-electron chi connectivity index (χ3n) is 3.57. The number of esters is 1. The van der Waals surface area contributed by atoms with Gasteiger partial charge in [0.2, 0.25) is 5.88 Å². The molecule has 2 aromatic rings. The summed E-state index contributed by atoms with van der Waals surface area (Å²) in [4.78, 5) is 19.8. The summed E-state index contributed by atoms with van der Waals surface area (Å²) >= 11 is 0. The van der Waals surface area contributed by atoms with Crippen molar-refractivity contribution in [2.75, 3.05) is 6.61 Å². The lowest BCUT2D eigenvalue weighted by Gasteiger charge is -2.07. The van der Waals surface area contributed by atoms with Crippen LogP contribution in [0.3, 0.4) is 0 Å². The summed E-state index contributed by atoms with van der Waals surface area (Å²) < 4.78 is 15.8. The highest BCUT2D eigenvalue weighted by Crippen LogP contribution is 2.21. The Hall–Kier alpha value is -2.45. The van der Waals surface area contributed by atoms with Crippen molar-refractivity contribution in [2.24, 2.45) is 0 Å². The molecule has 0 saturated heterocycles. The Morgan fingerprint density at radius 1 is 1.38 bits per heavy atom. The van der Waals surface area contributed by atoms with Gasteiger partial charge in [0, 0.05) is 0 Å². The van der Waals surface area contributed by atoms with E-state index in [-0.39, 0.29) is 11.6 Å². The molecule has 0 saturated carbocycles. The molecule has 8 heteroatoms. The van der Waals surface area contributed by atoms with Crippen LogP contribution in [-0.2, 0) is 16.0 Å². The minimum atomic E-state index is -0.935. The molecule has 0 spiro atoms. The predicted molar refractivity (Wildman–Crippen MR) is 86.1 cm³/mol. The van der Waals surface area contributed by atoms with E-state index in [4.69, 9.17) is 14.1 Å². The Balaban J connectivity index is 1.64. The molecular formula is C16H17BN2O5. The molecule has 124 valence electrons. The molecule has 0 amide bonds. The van der Waals surface area contributed by atoms with Crippen molar-refractivity contribution < 1.29 is 23.9 Å². The first-order valence-electron chi connectivity index (χ1n) is 7.77. The number of ether oxygens (including phenoxy) is 2. The zero-order chi connectivity index (χ0) is 16.9. The summed E-state index contributed by atoms with van der Waals surface area (Å²) in [6.45, 7) is 2.77. The van der Waals surface area contributed by atoms with Gasteiger partial charge < -0.3 is 19.2 Å². The highest BCUT2D eigenvalue weighted by molar-refractivity contribution is 6.61. The summed E-state index contributed by atoms with van der Waals surface area (Å²) in [6.07, 6.45) is 4.44. The van der Waals surface area contributed by atoms with E-state index < -0.39 is 13.1 Å². The molecular weight excluding hydrogens is 311 g/mol. The Morgan fingerprint density at radius 3 is 3.00 bits per heavy atom. The molecule has 1 aromatic carbocycles. The first-order chi connectivity index (χ1) is 11.7. The molecule has 0 radical (unpaired) electrons. The second-order valence-electron chi connectivity index (χ2n) is 5.36. The number of aromatic nitrogens is 2. The van der Waals surface area contributed by atoms with Gasteiger partial charge in [0.05, 0.1) is 25.6 Å². The number of carbonyl (C=O) groups excluding carboxylic acids is 1. The van der Waals surface area contributed by atoms with Crippen LogP contribution >= 0.6 is 0 Å². The molecule has 1 aliphatic rings. The molecule has 7 nitrogen and oxygen atoms in total. The van der Waals surface area contributed by atoms with Gasteiger partial charge >= 0.3 is 13.1 Å². The third kappa shape index (κ3) is 3.72. The monoisotopic (exact) mass is 328 g/mol. The highest BCUT2D eigenvalue weighted by Gasteiger charge is 2.27. The fourth-order valence-corrected chi connectivity index (χ4v) is 2.23. The largest absolute Gasteiger partial charge is 0.491 e. The molecule has 0 fully saturated rings. The van der Waals surface area contributed by atoms with Crippen LogP contribution in [0.5, 0.6) is 11.6 Å². The Bertz CT molecular complexity index is 723. The molecule has 0 atom stereocenters. The van der Waals surface area contributed by atoms with Crippen LogP contribution in [-0.4, -0.2) is 34.7 Å². The van der Waals surface area contributed by atoms with Gasteiger partial charge in [-0.15, -0.1) is 0 Å². The van der Waals surface area contributed by atoms with Gasteiger partial charge in [-0.1, -0.05) is 19.4 Å². The van der Waals surface area contributed by atoms with Crippen LogP contribution in [0, 0.1) is 0 Å². The fraction of sp³-hybridized carbons (Fsp3) is 0.312. The standard InChI is InChI=1S/C16H17BN2O5/c1-2-3-6-22-16(20)14-8-19-15(9-18-14)24-12-5-4-11-10-23-17(21)13(11)7-12/h4-5,7-9,21H,2-3,6,10H2,1H3. The van der Waals surface area contributed by atoms with E-state index in [1.807, 2.05) is 13.0 Å². The molecule has 3 rings (SSSR count). The molecule has 1 aromatic heterocycles. The van der Waals surface area contributed by atoms with Gasteiger partial charge in [-0.25, -0.2) is 14.8 Å². The number of unbranched alkanes of at least 4 members (excludes halogenated alkanes) is 1. The molecule has 0 unspecified atom stereocenters. The number of rotatable bonds is 6. The minimum absolute atomic E-state index is 0.135. The Morgan fingerprint density at radius 2 is 2.25 bits per heavy atom. The van der Waals surface area contributed by atoms with E-state index in [0.717, 1.165) is 18.4 Å². The minimum Gasteiger partial charge on any atom is -0.461 e. The normalized spacial score (nSPS) is 12.8. The Labute approximate surface area is 139 Å². The quantitative estimate of drug-likeness (QED) is 0.487. The average molecular weight is 328 g/mol. The first kappa shape index (κ1) is 16.4. The molecule has 24 heavy (non-hydrogen) atoms. The summed E-state index contributed by atoms with van der Waals surface area (Å²) in [7, 11) is -0.935. The lowest BCUT2D eigenvalue weighted by molar-refractivity contribution is 0.0492. The van der Waals surface area contributed by atoms with Gasteiger partial charge in [0.15, 0.2) is 5.69 Å². The van der Waals surface area contributed by atoms with E-state index >= 15 is 0 Å². The van der Waals surface area contributed by atoms with Crippen molar-refractivity contribution in [3.8, 4) is 11.6 Å². The molecule has 1 aliphatic heterocycles. The van der Waals surface area contributed by atoms with Crippen molar-refractivity contribution in [3.63, 3.8) is 0 Å². The number of nitrogens with zero attached hydrogens (tertiary/aromatic N) is 2. The highest BCUT2D eigenvalue weighted by atomic mass is 16.5. The Kier molecular flexibility index (Phi) is 5.07. The molecule has 2 heterocycles. The van der Waals surface area contributed by atoms with Gasteiger partial charge in [0.1, 0.15) is 5.75 Å². The number of carbonyl (C=O) groups is 1. The zero-order valence-corrected chi connectivity index (χ0v) is 13.3. The second-order valence-corrected chi connectivity index (χ2v) is 5.36. The molecule has 0 bridgehead atoms. The van der Waals surface area contributed by atoms with Crippen LogP contribution in [0.2, 0.25) is 0 Å². The number of hydrogen-bond acceptors (Lipinski definition) is 7. The van der Waals surface area contributed by atoms with Gasteiger partial charge in [0.25, 0.3) is 0 Å². The van der Waals surface area contributed by atoms with Crippen LogP contribution < -0.4 is 10.2 Å². The number of benzene rings is 1. The van der Waals surface area contributed by atoms with Crippen LogP contribution in [0.15, 0.2) is 30.6 Å². The van der Waals surface area contributed by atoms with Crippen molar-refractivity contribution in [1.82, 2.24) is 9.97 Å². The van der Waals surface area contributed by atoms with E-state index in [0.29, 0.717) is 24.4 Å². The van der Waals surface area contributed by atoms with Crippen LogP contribution in [0.25, 0.3) is 0 Å². The summed E-state index contributed by atoms with van der Waals surface area (Å²) in [5.74, 6) is 0.250. The van der Waals surface area contributed by atoms with E-state index in [1.54, 1.807) is 12.1 Å². The fourth-order valence-electron chi connectivity index (χ4n) is 2.23. The maximum absolute atomic E-state index is 11.7. The molecule has 1 N–H and O–H groups in total. The average Bonchev–Trinajstić information content (AvgIpc) is 2.96. The van der Waals surface area contributed by atoms with E-state index in [9.17, 15) is 9.82 Å². The van der Waals surface area contributed by atoms with E-state index in [1.165, 1.54) is 12.4 Å². The SMILES string of the molecule is CCCCOC(=O)c1cnc(Oc2ccc3c(c2)B(O)OC3)cn1. The summed E-state index contributed by atoms with van der Waals surface area (Å²) in [5, 5.41) is 9.70. The van der Waals surface area contributed by atoms with Crippen molar-refractivity contribution in [1.29, 1.82) is 0 Å². The lowest BCUT2D eigenvalue weighted by Crippen LogP contribution is -2.27. The van der Waals surface area contributed by atoms with Crippen molar-refractivity contribution in [3.05, 3.63) is 41.9 Å². The zero-order valence-electron chi connectivity index (χ0n) is 13.3. The number of fused-ring (bicyclic) bond motifs is 1. The van der Waals surface area contributed by atoms with Crippen LogP contribution in [0.4, 0.5) is 0 Å². The van der Waals surface area contributed by atoms with Gasteiger partial charge in [-0.2, -0.15) is 0 Å². The second kappa shape index (κ2) is 7.42.